The van der Waals surface area contributed by atoms with Crippen molar-refractivity contribution in [3.8, 4) is 0 Å². The molecule has 1 saturated heterocycles. The van der Waals surface area contributed by atoms with Crippen LogP contribution in [-0.4, -0.2) is 80.3 Å². The minimum atomic E-state index is -1.53. The zero-order chi connectivity index (χ0) is 21.5. The molecule has 1 aromatic carbocycles. The second-order valence-corrected chi connectivity index (χ2v) is 7.69. The maximum Gasteiger partial charge on any atom is 0.186 e. The van der Waals surface area contributed by atoms with Crippen molar-refractivity contribution in [1.82, 2.24) is 0 Å². The monoisotopic (exact) mass is 412 g/mol. The first-order chi connectivity index (χ1) is 13.7. The van der Waals surface area contributed by atoms with E-state index in [2.05, 4.69) is 0 Å². The number of fused-ring (bicyclic) bond motifs is 1. The van der Waals surface area contributed by atoms with Crippen LogP contribution in [0.2, 0.25) is 0 Å². The van der Waals surface area contributed by atoms with Crippen LogP contribution in [0.15, 0.2) is 6.07 Å². The van der Waals surface area contributed by atoms with E-state index in [1.165, 1.54) is 0 Å². The van der Waals surface area contributed by atoms with E-state index in [0.29, 0.717) is 22.3 Å². The Morgan fingerprint density at radius 3 is 2.38 bits per heavy atom. The van der Waals surface area contributed by atoms with Gasteiger partial charge in [0.2, 0.25) is 0 Å². The predicted molar refractivity (Wildman–Crippen MR) is 99.0 cm³/mol. The fourth-order valence-corrected chi connectivity index (χ4v) is 4.13. The van der Waals surface area contributed by atoms with Crippen molar-refractivity contribution in [2.75, 3.05) is 13.2 Å². The molecule has 6 N–H and O–H groups in total. The molecule has 29 heavy (non-hydrogen) atoms. The summed E-state index contributed by atoms with van der Waals surface area (Å²) in [5.74, 6) is -0.789. The van der Waals surface area contributed by atoms with Crippen molar-refractivity contribution in [2.24, 2.45) is 5.92 Å². The van der Waals surface area contributed by atoms with Crippen molar-refractivity contribution in [3.05, 3.63) is 33.9 Å². The van der Waals surface area contributed by atoms with Gasteiger partial charge in [0.15, 0.2) is 12.1 Å². The number of Topliss-reactive ketones (excluding diaryl/α,β-unsaturated/α-hetero) is 1. The molecule has 1 aromatic rings. The Bertz CT molecular complexity index is 763. The Balaban J connectivity index is 1.76. The number of carbonyl (C=O) groups excluding carboxylic acids is 1. The van der Waals surface area contributed by atoms with Crippen molar-refractivity contribution >= 4 is 5.78 Å². The number of aryl methyl sites for hydroxylation is 1. The second kappa shape index (κ2) is 8.75. The van der Waals surface area contributed by atoms with Crippen LogP contribution in [0.3, 0.4) is 0 Å². The van der Waals surface area contributed by atoms with E-state index in [-0.39, 0.29) is 25.4 Å². The summed E-state index contributed by atoms with van der Waals surface area (Å²) < 4.78 is 10.8. The molecule has 2 aliphatic rings. The summed E-state index contributed by atoms with van der Waals surface area (Å²) in [6.45, 7) is 2.56. The normalized spacial score (nSPS) is 34.5. The SMILES string of the molecule is Cc1cc2c(c(CO)c1CCO[C@@H]1O[C@H](CO)[C@@H](O)[C@H](O)[C@H]1O)C(=O)[C@@H](C)[C@@H]2O. The highest BCUT2D eigenvalue weighted by Crippen LogP contribution is 2.40. The lowest BCUT2D eigenvalue weighted by molar-refractivity contribution is -0.300. The Morgan fingerprint density at radius 2 is 1.76 bits per heavy atom. The van der Waals surface area contributed by atoms with Gasteiger partial charge in [0.05, 0.1) is 25.9 Å². The largest absolute Gasteiger partial charge is 0.394 e. The Hall–Kier alpha value is -1.43. The zero-order valence-electron chi connectivity index (χ0n) is 16.4. The van der Waals surface area contributed by atoms with Gasteiger partial charge in [-0.3, -0.25) is 4.79 Å². The number of aliphatic hydroxyl groups excluding tert-OH is 6. The smallest absolute Gasteiger partial charge is 0.186 e. The molecule has 0 radical (unpaired) electrons. The number of hydrogen-bond acceptors (Lipinski definition) is 9. The van der Waals surface area contributed by atoms with Gasteiger partial charge in [-0.25, -0.2) is 0 Å². The molecular weight excluding hydrogens is 384 g/mol. The molecule has 1 fully saturated rings. The summed E-state index contributed by atoms with van der Waals surface area (Å²) in [5.41, 5.74) is 2.80. The van der Waals surface area contributed by atoms with E-state index in [0.717, 1.165) is 5.56 Å². The number of rotatable bonds is 6. The average Bonchev–Trinajstić information content (AvgIpc) is 2.92. The van der Waals surface area contributed by atoms with Gasteiger partial charge in [-0.1, -0.05) is 13.0 Å². The van der Waals surface area contributed by atoms with E-state index in [4.69, 9.17) is 9.47 Å². The summed E-state index contributed by atoms with van der Waals surface area (Å²) in [6.07, 6.45) is -7.42. The molecule has 0 spiro atoms. The molecule has 1 aliphatic carbocycles. The van der Waals surface area contributed by atoms with Gasteiger partial charge >= 0.3 is 0 Å². The third-order valence-corrected chi connectivity index (χ3v) is 5.90. The molecule has 0 unspecified atom stereocenters. The lowest BCUT2D eigenvalue weighted by atomic mass is 9.91. The molecule has 9 nitrogen and oxygen atoms in total. The van der Waals surface area contributed by atoms with Crippen molar-refractivity contribution in [1.29, 1.82) is 0 Å². The van der Waals surface area contributed by atoms with Gasteiger partial charge in [-0.15, -0.1) is 0 Å². The minimum Gasteiger partial charge on any atom is -0.394 e. The lowest BCUT2D eigenvalue weighted by Gasteiger charge is -2.39. The summed E-state index contributed by atoms with van der Waals surface area (Å²) in [6, 6.07) is 1.74. The molecule has 0 bridgehead atoms. The van der Waals surface area contributed by atoms with Gasteiger partial charge < -0.3 is 40.1 Å². The molecule has 0 saturated carbocycles. The number of ketones is 1. The van der Waals surface area contributed by atoms with E-state index in [1.807, 2.05) is 6.92 Å². The van der Waals surface area contributed by atoms with Crippen molar-refractivity contribution in [3.63, 3.8) is 0 Å². The van der Waals surface area contributed by atoms with E-state index < -0.39 is 49.3 Å². The van der Waals surface area contributed by atoms with Crippen LogP contribution in [0.5, 0.6) is 0 Å². The minimum absolute atomic E-state index is 0.0294. The molecule has 1 heterocycles. The summed E-state index contributed by atoms with van der Waals surface area (Å²) >= 11 is 0. The highest BCUT2D eigenvalue weighted by molar-refractivity contribution is 6.04. The molecular formula is C20H28O9. The van der Waals surface area contributed by atoms with Gasteiger partial charge in [0.25, 0.3) is 0 Å². The molecule has 7 atom stereocenters. The summed E-state index contributed by atoms with van der Waals surface area (Å²) in [4.78, 5) is 12.5. The fraction of sp³-hybridized carbons (Fsp3) is 0.650. The molecule has 9 heteroatoms. The van der Waals surface area contributed by atoms with Crippen LogP contribution in [-0.2, 0) is 22.5 Å². The molecule has 1 aliphatic heterocycles. The first-order valence-electron chi connectivity index (χ1n) is 9.63. The highest BCUT2D eigenvalue weighted by Gasteiger charge is 2.44. The van der Waals surface area contributed by atoms with Gasteiger partial charge in [-0.2, -0.15) is 0 Å². The van der Waals surface area contributed by atoms with Crippen molar-refractivity contribution in [2.45, 2.75) is 63.7 Å². The number of aliphatic hydroxyl groups is 6. The highest BCUT2D eigenvalue weighted by atomic mass is 16.7. The third-order valence-electron chi connectivity index (χ3n) is 5.90. The van der Waals surface area contributed by atoms with Gasteiger partial charge in [0, 0.05) is 11.5 Å². The zero-order valence-corrected chi connectivity index (χ0v) is 16.4. The van der Waals surface area contributed by atoms with E-state index in [1.54, 1.807) is 13.0 Å². The van der Waals surface area contributed by atoms with Gasteiger partial charge in [-0.05, 0) is 35.6 Å². The number of ether oxygens (including phenoxy) is 2. The molecule has 162 valence electrons. The summed E-state index contributed by atoms with van der Waals surface area (Å²) in [7, 11) is 0. The Morgan fingerprint density at radius 1 is 1.07 bits per heavy atom. The third kappa shape index (κ3) is 3.85. The standard InChI is InChI=1S/C20H28O9/c1-8-5-11-14(16(24)9(2)15(11)23)12(6-21)10(8)3-4-28-20-19(27)18(26)17(25)13(7-22)29-20/h5,9,13,15,17-23,25-27H,3-4,6-7H2,1-2H3/t9-,13+,15-,17+,18-,19+,20+/m0/s1. The van der Waals surface area contributed by atoms with Crippen LogP contribution in [0.25, 0.3) is 0 Å². The molecule has 0 aromatic heterocycles. The first kappa shape index (κ1) is 22.3. The van der Waals surface area contributed by atoms with Gasteiger partial charge in [0.1, 0.15) is 24.4 Å². The maximum atomic E-state index is 12.5. The average molecular weight is 412 g/mol. The van der Waals surface area contributed by atoms with Crippen LogP contribution >= 0.6 is 0 Å². The summed E-state index contributed by atoms with van der Waals surface area (Å²) in [5, 5.41) is 59.1. The van der Waals surface area contributed by atoms with Crippen molar-refractivity contribution < 1.29 is 44.9 Å². The Labute approximate surface area is 168 Å². The van der Waals surface area contributed by atoms with Crippen LogP contribution in [0.4, 0.5) is 0 Å². The Kier molecular flexibility index (Phi) is 6.71. The lowest BCUT2D eigenvalue weighted by Crippen LogP contribution is -2.59. The first-order valence-corrected chi connectivity index (χ1v) is 9.63. The van der Waals surface area contributed by atoms with E-state index in [9.17, 15) is 35.4 Å². The van der Waals surface area contributed by atoms with E-state index >= 15 is 0 Å². The number of carbonyl (C=O) groups is 1. The predicted octanol–water partition coefficient (Wildman–Crippen LogP) is -1.29. The maximum absolute atomic E-state index is 12.5. The number of benzene rings is 1. The van der Waals surface area contributed by atoms with Crippen LogP contribution < -0.4 is 0 Å². The van der Waals surface area contributed by atoms with Crippen LogP contribution in [0, 0.1) is 12.8 Å². The fourth-order valence-electron chi connectivity index (χ4n) is 4.13. The second-order valence-electron chi connectivity index (χ2n) is 7.69. The topological polar surface area (TPSA) is 157 Å². The van der Waals surface area contributed by atoms with Crippen LogP contribution in [0.1, 0.15) is 45.6 Å². The quantitative estimate of drug-likeness (QED) is 0.335. The molecule has 3 rings (SSSR count). The number of hydrogen-bond donors (Lipinski definition) is 6. The molecule has 0 amide bonds.